The van der Waals surface area contributed by atoms with Crippen LogP contribution in [0.2, 0.25) is 10.0 Å². The van der Waals surface area contributed by atoms with Crippen LogP contribution in [0.25, 0.3) is 0 Å². The monoisotopic (exact) mass is 478 g/mol. The molecule has 3 rings (SSSR count). The van der Waals surface area contributed by atoms with Gasteiger partial charge in [0.1, 0.15) is 6.04 Å². The van der Waals surface area contributed by atoms with Crippen molar-refractivity contribution in [1.29, 1.82) is 0 Å². The fourth-order valence-electron chi connectivity index (χ4n) is 3.87. The molecule has 0 aromatic heterocycles. The molecule has 0 saturated heterocycles. The van der Waals surface area contributed by atoms with E-state index in [0.717, 1.165) is 36.1 Å². The summed E-state index contributed by atoms with van der Waals surface area (Å²) in [5.74, 6) is 0.0773. The van der Waals surface area contributed by atoms with Gasteiger partial charge in [0, 0.05) is 27.5 Å². The van der Waals surface area contributed by atoms with Crippen molar-refractivity contribution in [2.75, 3.05) is 5.75 Å². The number of nitrogens with one attached hydrogen (secondary N) is 1. The summed E-state index contributed by atoms with van der Waals surface area (Å²) in [6.45, 7) is 2.20. The predicted molar refractivity (Wildman–Crippen MR) is 129 cm³/mol. The van der Waals surface area contributed by atoms with Gasteiger partial charge in [-0.1, -0.05) is 67.2 Å². The molecule has 2 amide bonds. The zero-order valence-corrected chi connectivity index (χ0v) is 20.0. The van der Waals surface area contributed by atoms with Gasteiger partial charge in [0.25, 0.3) is 0 Å². The smallest absolute Gasteiger partial charge is 0.243 e. The van der Waals surface area contributed by atoms with E-state index in [1.807, 2.05) is 43.3 Å². The first-order valence-corrected chi connectivity index (χ1v) is 12.4. The standard InChI is InChI=1S/C24H28Cl2N2O2S/c1-2-22(24(30)27-19-8-6-7-9-19)28(15-17-12-13-18(25)14-21(17)26)23(29)16-31-20-10-4-3-5-11-20/h3-5,10-14,19,22H,2,6-9,15-16H2,1H3,(H,27,30)/t22-/m0/s1. The lowest BCUT2D eigenvalue weighted by Gasteiger charge is -2.31. The highest BCUT2D eigenvalue weighted by Crippen LogP contribution is 2.26. The molecule has 0 bridgehead atoms. The molecule has 0 heterocycles. The molecule has 2 aromatic rings. The normalized spacial score (nSPS) is 14.9. The van der Waals surface area contributed by atoms with E-state index < -0.39 is 6.04 Å². The molecule has 2 aromatic carbocycles. The minimum atomic E-state index is -0.545. The van der Waals surface area contributed by atoms with Gasteiger partial charge in [-0.05, 0) is 49.1 Å². The number of nitrogens with zero attached hydrogens (tertiary/aromatic N) is 1. The lowest BCUT2D eigenvalue weighted by molar-refractivity contribution is -0.139. The van der Waals surface area contributed by atoms with E-state index in [9.17, 15) is 9.59 Å². The van der Waals surface area contributed by atoms with Gasteiger partial charge in [0.15, 0.2) is 0 Å². The van der Waals surface area contributed by atoms with E-state index in [1.165, 1.54) is 11.8 Å². The maximum absolute atomic E-state index is 13.3. The van der Waals surface area contributed by atoms with Gasteiger partial charge in [-0.25, -0.2) is 0 Å². The lowest BCUT2D eigenvalue weighted by atomic mass is 10.1. The molecule has 166 valence electrons. The van der Waals surface area contributed by atoms with Gasteiger partial charge in [0.2, 0.25) is 11.8 Å². The molecule has 0 spiro atoms. The summed E-state index contributed by atoms with van der Waals surface area (Å²) >= 11 is 13.9. The highest BCUT2D eigenvalue weighted by molar-refractivity contribution is 8.00. The number of carbonyl (C=O) groups excluding carboxylic acids is 2. The average molecular weight is 479 g/mol. The second kappa shape index (κ2) is 11.8. The molecule has 31 heavy (non-hydrogen) atoms. The molecule has 7 heteroatoms. The maximum atomic E-state index is 13.3. The molecular formula is C24H28Cl2N2O2S. The number of hydrogen-bond donors (Lipinski definition) is 1. The van der Waals surface area contributed by atoms with Crippen molar-refractivity contribution in [2.24, 2.45) is 0 Å². The van der Waals surface area contributed by atoms with E-state index in [1.54, 1.807) is 17.0 Å². The van der Waals surface area contributed by atoms with E-state index in [2.05, 4.69) is 5.32 Å². The van der Waals surface area contributed by atoms with Gasteiger partial charge in [-0.3, -0.25) is 9.59 Å². The number of benzene rings is 2. The van der Waals surface area contributed by atoms with Crippen molar-refractivity contribution in [2.45, 2.75) is 62.6 Å². The average Bonchev–Trinajstić information content (AvgIpc) is 3.27. The van der Waals surface area contributed by atoms with Crippen LogP contribution in [0.3, 0.4) is 0 Å². The summed E-state index contributed by atoms with van der Waals surface area (Å²) in [5.41, 5.74) is 0.774. The Bertz CT molecular complexity index is 888. The summed E-state index contributed by atoms with van der Waals surface area (Å²) in [6, 6.07) is 14.7. The second-order valence-electron chi connectivity index (χ2n) is 7.77. The van der Waals surface area contributed by atoms with Crippen LogP contribution in [0.15, 0.2) is 53.4 Å². The Morgan fingerprint density at radius 2 is 1.84 bits per heavy atom. The zero-order valence-electron chi connectivity index (χ0n) is 17.7. The van der Waals surface area contributed by atoms with Crippen molar-refractivity contribution >= 4 is 46.8 Å². The van der Waals surface area contributed by atoms with Crippen LogP contribution >= 0.6 is 35.0 Å². The van der Waals surface area contributed by atoms with E-state index in [0.29, 0.717) is 16.5 Å². The van der Waals surface area contributed by atoms with Gasteiger partial charge in [0.05, 0.1) is 5.75 Å². The number of rotatable bonds is 9. The third-order valence-electron chi connectivity index (χ3n) is 5.55. The first kappa shape index (κ1) is 24.0. The van der Waals surface area contributed by atoms with Gasteiger partial charge < -0.3 is 10.2 Å². The largest absolute Gasteiger partial charge is 0.352 e. The van der Waals surface area contributed by atoms with E-state index in [4.69, 9.17) is 23.2 Å². The first-order chi connectivity index (χ1) is 15.0. The van der Waals surface area contributed by atoms with Crippen molar-refractivity contribution in [1.82, 2.24) is 10.2 Å². The topological polar surface area (TPSA) is 49.4 Å². The highest BCUT2D eigenvalue weighted by Gasteiger charge is 2.31. The van der Waals surface area contributed by atoms with Crippen molar-refractivity contribution in [3.8, 4) is 0 Å². The minimum absolute atomic E-state index is 0.0856. The molecule has 0 unspecified atom stereocenters. The molecule has 0 aliphatic heterocycles. The second-order valence-corrected chi connectivity index (χ2v) is 9.67. The summed E-state index contributed by atoms with van der Waals surface area (Å²) in [7, 11) is 0. The van der Waals surface area contributed by atoms with Crippen LogP contribution in [0, 0.1) is 0 Å². The summed E-state index contributed by atoms with van der Waals surface area (Å²) in [4.78, 5) is 29.1. The van der Waals surface area contributed by atoms with Crippen LogP contribution in [0.4, 0.5) is 0 Å². The fraction of sp³-hybridized carbons (Fsp3) is 0.417. The lowest BCUT2D eigenvalue weighted by Crippen LogP contribution is -2.51. The van der Waals surface area contributed by atoms with Crippen molar-refractivity contribution < 1.29 is 9.59 Å². The zero-order chi connectivity index (χ0) is 22.2. The Kier molecular flexibility index (Phi) is 9.12. The summed E-state index contributed by atoms with van der Waals surface area (Å²) in [6.07, 6.45) is 4.81. The summed E-state index contributed by atoms with van der Waals surface area (Å²) in [5, 5.41) is 4.19. The number of halogens is 2. The van der Waals surface area contributed by atoms with E-state index in [-0.39, 0.29) is 30.2 Å². The van der Waals surface area contributed by atoms with Gasteiger partial charge in [-0.15, -0.1) is 11.8 Å². The molecule has 4 nitrogen and oxygen atoms in total. The van der Waals surface area contributed by atoms with Crippen LogP contribution in [-0.2, 0) is 16.1 Å². The third-order valence-corrected chi connectivity index (χ3v) is 7.13. The van der Waals surface area contributed by atoms with Crippen LogP contribution in [-0.4, -0.2) is 34.6 Å². The fourth-order valence-corrected chi connectivity index (χ4v) is 5.14. The third kappa shape index (κ3) is 6.90. The maximum Gasteiger partial charge on any atom is 0.243 e. The summed E-state index contributed by atoms with van der Waals surface area (Å²) < 4.78 is 0. The van der Waals surface area contributed by atoms with Gasteiger partial charge >= 0.3 is 0 Å². The van der Waals surface area contributed by atoms with Gasteiger partial charge in [-0.2, -0.15) is 0 Å². The Labute approximate surface area is 198 Å². The molecule has 1 aliphatic carbocycles. The molecule has 1 saturated carbocycles. The van der Waals surface area contributed by atoms with E-state index >= 15 is 0 Å². The number of thioether (sulfide) groups is 1. The Balaban J connectivity index is 1.78. The van der Waals surface area contributed by atoms with Crippen LogP contribution < -0.4 is 5.32 Å². The molecule has 1 aliphatic rings. The first-order valence-electron chi connectivity index (χ1n) is 10.7. The highest BCUT2D eigenvalue weighted by atomic mass is 35.5. The quantitative estimate of drug-likeness (QED) is 0.452. The Morgan fingerprint density at radius 1 is 1.13 bits per heavy atom. The van der Waals surface area contributed by atoms with Crippen LogP contribution in [0.5, 0.6) is 0 Å². The van der Waals surface area contributed by atoms with Crippen molar-refractivity contribution in [3.05, 3.63) is 64.1 Å². The number of amides is 2. The Morgan fingerprint density at radius 3 is 2.48 bits per heavy atom. The Hall–Kier alpha value is -1.69. The molecule has 1 N–H and O–H groups in total. The molecule has 1 atom stereocenters. The minimum Gasteiger partial charge on any atom is -0.352 e. The molecular weight excluding hydrogens is 451 g/mol. The predicted octanol–water partition coefficient (Wildman–Crippen LogP) is 5.95. The van der Waals surface area contributed by atoms with Crippen LogP contribution in [0.1, 0.15) is 44.6 Å². The van der Waals surface area contributed by atoms with Crippen molar-refractivity contribution in [3.63, 3.8) is 0 Å². The number of hydrogen-bond acceptors (Lipinski definition) is 3. The molecule has 0 radical (unpaired) electrons. The SMILES string of the molecule is CC[C@@H](C(=O)NC1CCCC1)N(Cc1ccc(Cl)cc1Cl)C(=O)CSc1ccccc1. The molecule has 1 fully saturated rings. The number of carbonyl (C=O) groups is 2.